The number of aromatic nitrogens is 1. The van der Waals surface area contributed by atoms with Crippen LogP contribution in [-0.2, 0) is 11.3 Å². The molecule has 1 fully saturated rings. The molecule has 26 heavy (non-hydrogen) atoms. The van der Waals surface area contributed by atoms with Gasteiger partial charge >= 0.3 is 0 Å². The van der Waals surface area contributed by atoms with E-state index in [1.807, 2.05) is 23.6 Å². The average Bonchev–Trinajstić information content (AvgIpc) is 3.34. The number of piperidine rings is 1. The monoisotopic (exact) mass is 368 g/mol. The fourth-order valence-corrected chi connectivity index (χ4v) is 4.48. The predicted molar refractivity (Wildman–Crippen MR) is 106 cm³/mol. The van der Waals surface area contributed by atoms with E-state index in [2.05, 4.69) is 34.3 Å². The number of nitrogens with zero attached hydrogens (tertiary/aromatic N) is 2. The zero-order valence-corrected chi connectivity index (χ0v) is 16.1. The summed E-state index contributed by atoms with van der Waals surface area (Å²) in [6, 6.07) is 3.97. The van der Waals surface area contributed by atoms with Crippen LogP contribution in [0.1, 0.15) is 46.7 Å². The summed E-state index contributed by atoms with van der Waals surface area (Å²) in [5.41, 5.74) is 8.73. The molecule has 0 atom stereocenters. The number of hydrogen-bond donors (Lipinski definition) is 2. The van der Waals surface area contributed by atoms with E-state index in [-0.39, 0.29) is 5.91 Å². The summed E-state index contributed by atoms with van der Waals surface area (Å²) in [6.07, 6.45) is 5.88. The van der Waals surface area contributed by atoms with Gasteiger partial charge in [0.05, 0.1) is 10.5 Å². The van der Waals surface area contributed by atoms with Crippen molar-refractivity contribution in [1.82, 2.24) is 15.3 Å². The van der Waals surface area contributed by atoms with Crippen molar-refractivity contribution in [3.05, 3.63) is 50.5 Å². The van der Waals surface area contributed by atoms with E-state index in [1.165, 1.54) is 49.2 Å². The molecule has 0 saturated carbocycles. The molecule has 0 radical (unpaired) electrons. The lowest BCUT2D eigenvalue weighted by molar-refractivity contribution is -0.116. The van der Waals surface area contributed by atoms with Crippen molar-refractivity contribution in [2.24, 2.45) is 5.10 Å². The molecule has 1 amide bonds. The molecule has 4 heterocycles. The number of carbonyl (C=O) groups excluding carboxylic acids is 1. The first-order valence-corrected chi connectivity index (χ1v) is 10.1. The molecular weight excluding hydrogens is 344 g/mol. The lowest BCUT2D eigenvalue weighted by Crippen LogP contribution is -2.29. The number of carbonyl (C=O) groups is 1. The summed E-state index contributed by atoms with van der Waals surface area (Å²) in [7, 11) is 0. The lowest BCUT2D eigenvalue weighted by Gasteiger charge is -2.26. The van der Waals surface area contributed by atoms with Crippen molar-refractivity contribution in [3.63, 3.8) is 0 Å². The maximum absolute atomic E-state index is 12.3. The van der Waals surface area contributed by atoms with Gasteiger partial charge in [0.1, 0.15) is 5.71 Å². The molecular formula is C20H24N4OS. The van der Waals surface area contributed by atoms with Crippen LogP contribution in [0.4, 0.5) is 0 Å². The summed E-state index contributed by atoms with van der Waals surface area (Å²) in [6.45, 7) is 7.60. The van der Waals surface area contributed by atoms with Crippen molar-refractivity contribution in [2.45, 2.75) is 39.7 Å². The van der Waals surface area contributed by atoms with Gasteiger partial charge in [-0.2, -0.15) is 5.10 Å². The van der Waals surface area contributed by atoms with Gasteiger partial charge in [0.2, 0.25) is 0 Å². The Kier molecular flexibility index (Phi) is 4.78. The molecule has 2 aromatic rings. The Labute approximate surface area is 157 Å². The van der Waals surface area contributed by atoms with Gasteiger partial charge < -0.3 is 4.98 Å². The lowest BCUT2D eigenvalue weighted by atomic mass is 10.0. The largest absolute Gasteiger partial charge is 0.359 e. The van der Waals surface area contributed by atoms with Gasteiger partial charge in [-0.1, -0.05) is 12.5 Å². The van der Waals surface area contributed by atoms with Gasteiger partial charge in [-0.15, -0.1) is 11.3 Å². The van der Waals surface area contributed by atoms with Crippen molar-refractivity contribution in [3.8, 4) is 0 Å². The van der Waals surface area contributed by atoms with Crippen LogP contribution in [0.2, 0.25) is 0 Å². The van der Waals surface area contributed by atoms with E-state index < -0.39 is 0 Å². The van der Waals surface area contributed by atoms with Crippen LogP contribution in [0.3, 0.4) is 0 Å². The molecule has 2 aliphatic rings. The number of H-pyrrole nitrogens is 1. The van der Waals surface area contributed by atoms with E-state index >= 15 is 0 Å². The molecule has 0 bridgehead atoms. The molecule has 2 aromatic heterocycles. The minimum absolute atomic E-state index is 0.141. The Morgan fingerprint density at radius 3 is 2.81 bits per heavy atom. The highest BCUT2D eigenvalue weighted by Crippen LogP contribution is 2.26. The first-order chi connectivity index (χ1) is 12.6. The second-order valence-electron chi connectivity index (χ2n) is 7.04. The minimum atomic E-state index is -0.141. The number of thiophene rings is 1. The third-order valence-electron chi connectivity index (χ3n) is 5.27. The van der Waals surface area contributed by atoms with Crippen LogP contribution in [0.25, 0.3) is 6.08 Å². The first-order valence-electron chi connectivity index (χ1n) is 9.18. The molecule has 0 spiro atoms. The van der Waals surface area contributed by atoms with Gasteiger partial charge in [0.25, 0.3) is 5.91 Å². The first kappa shape index (κ1) is 17.2. The SMILES string of the molecule is Cc1[nH]c(C=C2C(=O)NN=C2c2cccs2)c(C)c1CN1CCCCC1. The highest BCUT2D eigenvalue weighted by Gasteiger charge is 2.25. The number of aryl methyl sites for hydroxylation is 1. The van der Waals surface area contributed by atoms with Crippen molar-refractivity contribution in [1.29, 1.82) is 0 Å². The second kappa shape index (κ2) is 7.21. The van der Waals surface area contributed by atoms with Crippen LogP contribution in [0.5, 0.6) is 0 Å². The average molecular weight is 369 g/mol. The third kappa shape index (κ3) is 3.27. The highest BCUT2D eigenvalue weighted by atomic mass is 32.1. The van der Waals surface area contributed by atoms with Gasteiger partial charge in [0, 0.05) is 17.9 Å². The Morgan fingerprint density at radius 1 is 1.27 bits per heavy atom. The smallest absolute Gasteiger partial charge is 0.273 e. The number of amides is 1. The maximum Gasteiger partial charge on any atom is 0.273 e. The summed E-state index contributed by atoms with van der Waals surface area (Å²) in [5.74, 6) is -0.141. The molecule has 136 valence electrons. The fraction of sp³-hybridized carbons (Fsp3) is 0.400. The number of hydrogen-bond acceptors (Lipinski definition) is 4. The van der Waals surface area contributed by atoms with Gasteiger partial charge in [-0.05, 0) is 68.4 Å². The number of rotatable bonds is 4. The zero-order valence-electron chi connectivity index (χ0n) is 15.3. The fourth-order valence-electron chi connectivity index (χ4n) is 3.75. The minimum Gasteiger partial charge on any atom is -0.359 e. The van der Waals surface area contributed by atoms with E-state index in [9.17, 15) is 4.79 Å². The summed E-state index contributed by atoms with van der Waals surface area (Å²) >= 11 is 1.59. The van der Waals surface area contributed by atoms with Crippen molar-refractivity contribution >= 4 is 29.0 Å². The number of hydrazone groups is 1. The second-order valence-corrected chi connectivity index (χ2v) is 7.99. The Morgan fingerprint density at radius 2 is 2.08 bits per heavy atom. The Bertz CT molecular complexity index is 870. The Balaban J connectivity index is 1.63. The molecule has 2 N–H and O–H groups in total. The summed E-state index contributed by atoms with van der Waals surface area (Å²) < 4.78 is 0. The van der Waals surface area contributed by atoms with Crippen LogP contribution in [-0.4, -0.2) is 34.6 Å². The molecule has 0 unspecified atom stereocenters. The molecule has 2 aliphatic heterocycles. The van der Waals surface area contributed by atoms with Crippen LogP contribution in [0, 0.1) is 13.8 Å². The topological polar surface area (TPSA) is 60.5 Å². The van der Waals surface area contributed by atoms with E-state index in [0.717, 1.165) is 22.8 Å². The van der Waals surface area contributed by atoms with Crippen molar-refractivity contribution < 1.29 is 4.79 Å². The zero-order chi connectivity index (χ0) is 18.1. The van der Waals surface area contributed by atoms with Crippen molar-refractivity contribution in [2.75, 3.05) is 13.1 Å². The number of likely N-dealkylation sites (tertiary alicyclic amines) is 1. The predicted octanol–water partition coefficient (Wildman–Crippen LogP) is 3.60. The summed E-state index contributed by atoms with van der Waals surface area (Å²) in [4.78, 5) is 19.3. The quantitative estimate of drug-likeness (QED) is 0.810. The maximum atomic E-state index is 12.3. The number of nitrogens with one attached hydrogen (secondary N) is 2. The molecule has 0 aromatic carbocycles. The van der Waals surface area contributed by atoms with Gasteiger partial charge in [-0.3, -0.25) is 9.69 Å². The van der Waals surface area contributed by atoms with Crippen LogP contribution < -0.4 is 5.43 Å². The molecule has 4 rings (SSSR count). The third-order valence-corrected chi connectivity index (χ3v) is 6.15. The standard InChI is InChI=1S/C20H24N4OS/c1-13-16(12-24-8-4-3-5-9-24)14(2)21-17(13)11-15-19(22-23-20(15)25)18-7-6-10-26-18/h6-7,10-11,21H,3-5,8-9,12H2,1-2H3,(H,23,25). The van der Waals surface area contributed by atoms with E-state index in [1.54, 1.807) is 11.3 Å². The van der Waals surface area contributed by atoms with E-state index in [0.29, 0.717) is 5.57 Å². The summed E-state index contributed by atoms with van der Waals surface area (Å²) in [5, 5.41) is 6.23. The van der Waals surface area contributed by atoms with Gasteiger partial charge in [-0.25, -0.2) is 5.43 Å². The Hall–Kier alpha value is -2.18. The van der Waals surface area contributed by atoms with Crippen LogP contribution in [0.15, 0.2) is 28.2 Å². The molecule has 1 saturated heterocycles. The van der Waals surface area contributed by atoms with Crippen LogP contribution >= 0.6 is 11.3 Å². The highest BCUT2D eigenvalue weighted by molar-refractivity contribution is 7.12. The molecule has 5 nitrogen and oxygen atoms in total. The normalized spacial score (nSPS) is 19.8. The number of aromatic amines is 1. The van der Waals surface area contributed by atoms with Gasteiger partial charge in [0.15, 0.2) is 0 Å². The molecule has 6 heteroatoms. The van der Waals surface area contributed by atoms with E-state index in [4.69, 9.17) is 0 Å². The molecule has 0 aliphatic carbocycles.